The summed E-state index contributed by atoms with van der Waals surface area (Å²) in [5.41, 5.74) is 4.82. The molecule has 30 heavy (non-hydrogen) atoms. The average Bonchev–Trinajstić information content (AvgIpc) is 2.73. The number of nitrogens with one attached hydrogen (secondary N) is 2. The molecule has 3 heterocycles. The van der Waals surface area contributed by atoms with Crippen LogP contribution in [0.3, 0.4) is 0 Å². The van der Waals surface area contributed by atoms with E-state index in [4.69, 9.17) is 0 Å². The normalized spacial score (nSPS) is 24.5. The third-order valence-corrected chi connectivity index (χ3v) is 6.69. The summed E-state index contributed by atoms with van der Waals surface area (Å²) in [6.45, 7) is 6.34. The predicted molar refractivity (Wildman–Crippen MR) is 123 cm³/mol. The Kier molecular flexibility index (Phi) is 5.19. The number of quaternary nitrogens is 1. The Morgan fingerprint density at radius 1 is 1.10 bits per heavy atom. The van der Waals surface area contributed by atoms with Crippen LogP contribution in [0.5, 0.6) is 0 Å². The first kappa shape index (κ1) is 19.5. The van der Waals surface area contributed by atoms with E-state index in [0.717, 1.165) is 43.5 Å². The van der Waals surface area contributed by atoms with Crippen LogP contribution < -0.4 is 10.6 Å². The maximum Gasteiger partial charge on any atom is 0.0837 e. The summed E-state index contributed by atoms with van der Waals surface area (Å²) in [5.74, 6) is 0.563. The largest absolute Gasteiger partial charge is 0.633 e. The fraction of sp³-hybridized carbons (Fsp3) is 0.400. The van der Waals surface area contributed by atoms with Crippen molar-refractivity contribution in [2.24, 2.45) is 5.92 Å². The van der Waals surface area contributed by atoms with E-state index in [1.807, 2.05) is 12.4 Å². The Labute approximate surface area is 178 Å². The molecule has 5 heteroatoms. The first-order valence-corrected chi connectivity index (χ1v) is 11.1. The van der Waals surface area contributed by atoms with Gasteiger partial charge in [-0.1, -0.05) is 29.8 Å². The topological polar surface area (TPSA) is 60.0 Å². The van der Waals surface area contributed by atoms with Crippen molar-refractivity contribution in [3.63, 3.8) is 0 Å². The lowest BCUT2D eigenvalue weighted by Crippen LogP contribution is -2.58. The molecular weight excluding hydrogens is 372 g/mol. The van der Waals surface area contributed by atoms with Crippen LogP contribution in [0.4, 0.5) is 5.69 Å². The van der Waals surface area contributed by atoms with Gasteiger partial charge in [-0.15, -0.1) is 0 Å². The first-order chi connectivity index (χ1) is 14.6. The van der Waals surface area contributed by atoms with Crippen LogP contribution in [0.1, 0.15) is 18.4 Å². The van der Waals surface area contributed by atoms with Crippen LogP contribution in [-0.4, -0.2) is 48.4 Å². The molecule has 0 atom stereocenters. The highest BCUT2D eigenvalue weighted by atomic mass is 16.5. The van der Waals surface area contributed by atoms with E-state index in [0.29, 0.717) is 25.0 Å². The van der Waals surface area contributed by atoms with Gasteiger partial charge < -0.3 is 20.5 Å². The summed E-state index contributed by atoms with van der Waals surface area (Å²) >= 11 is 0. The molecule has 0 radical (unpaired) electrons. The zero-order chi connectivity index (χ0) is 20.6. The molecule has 0 saturated carbocycles. The van der Waals surface area contributed by atoms with Crippen molar-refractivity contribution in [3.8, 4) is 11.1 Å². The minimum absolute atomic E-state index is 0.0177. The summed E-state index contributed by atoms with van der Waals surface area (Å²) in [6.07, 6.45) is 5.63. The minimum Gasteiger partial charge on any atom is -0.633 e. The van der Waals surface area contributed by atoms with Crippen molar-refractivity contribution in [1.82, 2.24) is 10.3 Å². The summed E-state index contributed by atoms with van der Waals surface area (Å²) < 4.78 is -0.0177. The molecule has 1 aromatic heterocycles. The molecule has 2 aliphatic heterocycles. The first-order valence-electron chi connectivity index (χ1n) is 11.1. The van der Waals surface area contributed by atoms with Crippen LogP contribution in [0, 0.1) is 18.0 Å². The summed E-state index contributed by atoms with van der Waals surface area (Å²) in [5, 5.41) is 22.5. The SMILES string of the molecule is Cc1cccc(-c2cc(NC3CC[N+]([O-])(CC4CNC4)CC3)c3cnccc3c2)c1. The van der Waals surface area contributed by atoms with Crippen LogP contribution in [-0.2, 0) is 0 Å². The molecule has 0 spiro atoms. The van der Waals surface area contributed by atoms with Gasteiger partial charge in [0.2, 0.25) is 0 Å². The number of hydrogen-bond acceptors (Lipinski definition) is 4. The highest BCUT2D eigenvalue weighted by Crippen LogP contribution is 2.33. The monoisotopic (exact) mass is 402 g/mol. The number of hydroxylamine groups is 3. The lowest BCUT2D eigenvalue weighted by molar-refractivity contribution is -0.889. The number of rotatable bonds is 5. The van der Waals surface area contributed by atoms with Gasteiger partial charge in [0.25, 0.3) is 0 Å². The van der Waals surface area contributed by atoms with E-state index in [-0.39, 0.29) is 4.65 Å². The molecule has 5 nitrogen and oxygen atoms in total. The molecule has 2 fully saturated rings. The van der Waals surface area contributed by atoms with Gasteiger partial charge in [0.15, 0.2) is 0 Å². The number of piperidine rings is 1. The molecule has 5 rings (SSSR count). The van der Waals surface area contributed by atoms with Gasteiger partial charge >= 0.3 is 0 Å². The van der Waals surface area contributed by atoms with Gasteiger partial charge in [-0.3, -0.25) is 4.98 Å². The number of aryl methyl sites for hydroxylation is 1. The number of likely N-dealkylation sites (tertiary alicyclic amines) is 1. The Hall–Kier alpha value is -2.47. The van der Waals surface area contributed by atoms with Crippen molar-refractivity contribution >= 4 is 16.5 Å². The summed E-state index contributed by atoms with van der Waals surface area (Å²) in [7, 11) is 0. The van der Waals surface area contributed by atoms with Crippen molar-refractivity contribution in [3.05, 3.63) is 65.6 Å². The van der Waals surface area contributed by atoms with Crippen molar-refractivity contribution < 1.29 is 4.65 Å². The Morgan fingerprint density at radius 2 is 1.93 bits per heavy atom. The molecular formula is C25H30N4O. The van der Waals surface area contributed by atoms with Gasteiger partial charge in [-0.2, -0.15) is 0 Å². The summed E-state index contributed by atoms with van der Waals surface area (Å²) in [6, 6.07) is 15.5. The minimum atomic E-state index is -0.0177. The standard InChI is InChI=1S/C25H30N4O/c1-18-3-2-4-20(11-18)22-12-21-5-8-26-16-24(21)25(13-22)28-23-6-9-29(30,10-7-23)17-19-14-27-15-19/h2-5,8,11-13,16,19,23,27-28H,6-7,9-10,14-15,17H2,1H3. The van der Waals surface area contributed by atoms with Gasteiger partial charge in [-0.05, 0) is 41.6 Å². The number of hydrogen-bond donors (Lipinski definition) is 2. The van der Waals surface area contributed by atoms with Crippen LogP contribution in [0.25, 0.3) is 21.9 Å². The van der Waals surface area contributed by atoms with Crippen LogP contribution >= 0.6 is 0 Å². The summed E-state index contributed by atoms with van der Waals surface area (Å²) in [4.78, 5) is 4.36. The number of nitrogens with zero attached hydrogens (tertiary/aromatic N) is 2. The number of aromatic nitrogens is 1. The molecule has 2 N–H and O–H groups in total. The van der Waals surface area contributed by atoms with Gasteiger partial charge in [-0.25, -0.2) is 0 Å². The van der Waals surface area contributed by atoms with E-state index >= 15 is 0 Å². The Morgan fingerprint density at radius 3 is 2.67 bits per heavy atom. The van der Waals surface area contributed by atoms with Gasteiger partial charge in [0.05, 0.1) is 19.6 Å². The fourth-order valence-electron chi connectivity index (χ4n) is 4.84. The third-order valence-electron chi connectivity index (χ3n) is 6.69. The molecule has 0 bridgehead atoms. The van der Waals surface area contributed by atoms with E-state index < -0.39 is 0 Å². The fourth-order valence-corrected chi connectivity index (χ4v) is 4.84. The maximum absolute atomic E-state index is 13.1. The maximum atomic E-state index is 13.1. The smallest absolute Gasteiger partial charge is 0.0837 e. The van der Waals surface area contributed by atoms with Crippen molar-refractivity contribution in [2.75, 3.05) is 38.0 Å². The molecule has 0 amide bonds. The second kappa shape index (κ2) is 7.99. The average molecular weight is 403 g/mol. The molecule has 2 aliphatic rings. The Bertz CT molecular complexity index is 1040. The van der Waals surface area contributed by atoms with Gasteiger partial charge in [0, 0.05) is 61.4 Å². The second-order valence-electron chi connectivity index (χ2n) is 9.12. The van der Waals surface area contributed by atoms with E-state index in [1.54, 1.807) is 0 Å². The number of pyridine rings is 1. The van der Waals surface area contributed by atoms with Crippen molar-refractivity contribution in [2.45, 2.75) is 25.8 Å². The quantitative estimate of drug-likeness (QED) is 0.493. The van der Waals surface area contributed by atoms with Crippen molar-refractivity contribution in [1.29, 1.82) is 0 Å². The predicted octanol–water partition coefficient (Wildman–Crippen LogP) is 4.32. The second-order valence-corrected chi connectivity index (χ2v) is 9.12. The Balaban J connectivity index is 1.37. The lowest BCUT2D eigenvalue weighted by Gasteiger charge is -2.50. The zero-order valence-electron chi connectivity index (χ0n) is 17.6. The third kappa shape index (κ3) is 4.06. The highest BCUT2D eigenvalue weighted by Gasteiger charge is 2.31. The van der Waals surface area contributed by atoms with Gasteiger partial charge in [0.1, 0.15) is 0 Å². The molecule has 0 aliphatic carbocycles. The molecule has 0 unspecified atom stereocenters. The number of benzene rings is 2. The van der Waals surface area contributed by atoms with E-state index in [1.165, 1.54) is 22.1 Å². The molecule has 2 saturated heterocycles. The molecule has 2 aromatic carbocycles. The van der Waals surface area contributed by atoms with E-state index in [9.17, 15) is 5.21 Å². The molecule has 3 aromatic rings. The zero-order valence-corrected chi connectivity index (χ0v) is 17.6. The number of anilines is 1. The van der Waals surface area contributed by atoms with Crippen LogP contribution in [0.15, 0.2) is 54.9 Å². The van der Waals surface area contributed by atoms with Crippen LogP contribution in [0.2, 0.25) is 0 Å². The lowest BCUT2D eigenvalue weighted by atomic mass is 9.97. The molecule has 156 valence electrons. The van der Waals surface area contributed by atoms with E-state index in [2.05, 4.69) is 65.0 Å². The highest BCUT2D eigenvalue weighted by molar-refractivity contribution is 5.97. The number of fused-ring (bicyclic) bond motifs is 1.